The Balaban J connectivity index is 2.36. The molecule has 19 heavy (non-hydrogen) atoms. The summed E-state index contributed by atoms with van der Waals surface area (Å²) in [7, 11) is 0. The zero-order valence-electron chi connectivity index (χ0n) is 9.93. The molecule has 7 heteroatoms. The molecular weight excluding hydrogens is 266 g/mol. The molecule has 0 heterocycles. The highest BCUT2D eigenvalue weighted by Crippen LogP contribution is 2.21. The molecule has 1 amide bonds. The summed E-state index contributed by atoms with van der Waals surface area (Å²) in [4.78, 5) is 11.5. The largest absolute Gasteiger partial charge is 0.508 e. The Morgan fingerprint density at radius 2 is 1.95 bits per heavy atom. The Labute approximate surface area is 107 Å². The van der Waals surface area contributed by atoms with Gasteiger partial charge in [-0.2, -0.15) is 13.2 Å². The molecule has 106 valence electrons. The van der Waals surface area contributed by atoms with Gasteiger partial charge in [0.2, 0.25) is 0 Å². The second-order valence-corrected chi connectivity index (χ2v) is 3.99. The van der Waals surface area contributed by atoms with Crippen molar-refractivity contribution in [2.24, 2.45) is 0 Å². The lowest BCUT2D eigenvalue weighted by atomic mass is 10.2. The van der Waals surface area contributed by atoms with Crippen LogP contribution in [0, 0.1) is 5.82 Å². The van der Waals surface area contributed by atoms with Crippen molar-refractivity contribution >= 4 is 5.91 Å². The van der Waals surface area contributed by atoms with Gasteiger partial charge in [-0.05, 0) is 25.0 Å². The number of nitrogens with one attached hydrogen (secondary N) is 1. The number of aromatic hydroxyl groups is 1. The van der Waals surface area contributed by atoms with Crippen molar-refractivity contribution in [2.75, 3.05) is 6.54 Å². The highest BCUT2D eigenvalue weighted by molar-refractivity contribution is 5.94. The predicted molar refractivity (Wildman–Crippen MR) is 60.3 cm³/mol. The fourth-order valence-electron chi connectivity index (χ4n) is 1.44. The summed E-state index contributed by atoms with van der Waals surface area (Å²) in [6.07, 6.45) is -5.05. The van der Waals surface area contributed by atoms with Crippen LogP contribution in [0.3, 0.4) is 0 Å². The van der Waals surface area contributed by atoms with E-state index in [9.17, 15) is 22.4 Å². The van der Waals surface area contributed by atoms with E-state index in [0.717, 1.165) is 18.2 Å². The average Bonchev–Trinajstić information content (AvgIpc) is 2.26. The fourth-order valence-corrected chi connectivity index (χ4v) is 1.44. The van der Waals surface area contributed by atoms with Crippen molar-refractivity contribution in [3.63, 3.8) is 0 Å². The number of unbranched alkanes of at least 4 members (excludes halogenated alkanes) is 1. The van der Waals surface area contributed by atoms with E-state index in [-0.39, 0.29) is 30.7 Å². The van der Waals surface area contributed by atoms with Gasteiger partial charge in [-0.15, -0.1) is 0 Å². The van der Waals surface area contributed by atoms with Gasteiger partial charge in [-0.3, -0.25) is 4.79 Å². The van der Waals surface area contributed by atoms with E-state index in [4.69, 9.17) is 5.11 Å². The second kappa shape index (κ2) is 6.40. The minimum Gasteiger partial charge on any atom is -0.508 e. The van der Waals surface area contributed by atoms with Crippen LogP contribution in [0.1, 0.15) is 29.6 Å². The Morgan fingerprint density at radius 1 is 1.26 bits per heavy atom. The molecular formula is C12H13F4NO2. The van der Waals surface area contributed by atoms with E-state index >= 15 is 0 Å². The van der Waals surface area contributed by atoms with Crippen molar-refractivity contribution in [3.05, 3.63) is 29.6 Å². The molecule has 0 saturated heterocycles. The molecule has 0 atom stereocenters. The van der Waals surface area contributed by atoms with Crippen LogP contribution in [0.2, 0.25) is 0 Å². The number of phenolic OH excluding ortho intramolecular Hbond substituents is 1. The topological polar surface area (TPSA) is 49.3 Å². The minimum absolute atomic E-state index is 0.0369. The number of rotatable bonds is 5. The first-order valence-corrected chi connectivity index (χ1v) is 5.63. The molecule has 2 N–H and O–H groups in total. The number of amides is 1. The maximum Gasteiger partial charge on any atom is 0.389 e. The molecule has 1 aromatic rings. The summed E-state index contributed by atoms with van der Waals surface area (Å²) in [6.45, 7) is 0.0369. The number of phenols is 1. The highest BCUT2D eigenvalue weighted by atomic mass is 19.4. The van der Waals surface area contributed by atoms with Crippen LogP contribution in [0.15, 0.2) is 18.2 Å². The smallest absolute Gasteiger partial charge is 0.389 e. The quantitative estimate of drug-likeness (QED) is 0.643. The summed E-state index contributed by atoms with van der Waals surface area (Å²) in [5.74, 6) is -1.91. The number of alkyl halides is 3. The molecule has 0 spiro atoms. The maximum atomic E-state index is 13.3. The van der Waals surface area contributed by atoms with E-state index in [1.807, 2.05) is 0 Å². The molecule has 0 aromatic heterocycles. The van der Waals surface area contributed by atoms with Gasteiger partial charge in [0.05, 0.1) is 5.56 Å². The standard InChI is InChI=1S/C12H13F4NO2/c13-10-7-8(18)3-4-9(10)11(19)17-6-2-1-5-12(14,15)16/h3-4,7,18H,1-2,5-6H2,(H,17,19). The average molecular weight is 279 g/mol. The summed E-state index contributed by atoms with van der Waals surface area (Å²) in [5.41, 5.74) is -0.256. The van der Waals surface area contributed by atoms with Gasteiger partial charge in [0.25, 0.3) is 5.91 Å². The summed E-state index contributed by atoms with van der Waals surface area (Å²) >= 11 is 0. The van der Waals surface area contributed by atoms with Crippen LogP contribution < -0.4 is 5.32 Å². The first-order valence-electron chi connectivity index (χ1n) is 5.63. The van der Waals surface area contributed by atoms with Gasteiger partial charge in [0, 0.05) is 19.0 Å². The van der Waals surface area contributed by atoms with Crippen LogP contribution in [0.25, 0.3) is 0 Å². The van der Waals surface area contributed by atoms with Gasteiger partial charge >= 0.3 is 6.18 Å². The van der Waals surface area contributed by atoms with E-state index in [1.165, 1.54) is 0 Å². The lowest BCUT2D eigenvalue weighted by Gasteiger charge is -2.07. The zero-order valence-corrected chi connectivity index (χ0v) is 9.93. The molecule has 0 aliphatic rings. The van der Waals surface area contributed by atoms with Crippen molar-refractivity contribution in [2.45, 2.75) is 25.4 Å². The summed E-state index contributed by atoms with van der Waals surface area (Å²) < 4.78 is 48.8. The molecule has 3 nitrogen and oxygen atoms in total. The molecule has 0 aliphatic heterocycles. The SMILES string of the molecule is O=C(NCCCCC(F)(F)F)c1ccc(O)cc1F. The van der Waals surface area contributed by atoms with Crippen LogP contribution in [-0.2, 0) is 0 Å². The zero-order chi connectivity index (χ0) is 14.5. The minimum atomic E-state index is -4.20. The van der Waals surface area contributed by atoms with Gasteiger partial charge in [-0.25, -0.2) is 4.39 Å². The van der Waals surface area contributed by atoms with Crippen LogP contribution >= 0.6 is 0 Å². The Morgan fingerprint density at radius 3 is 2.53 bits per heavy atom. The van der Waals surface area contributed by atoms with E-state index in [0.29, 0.717) is 0 Å². The van der Waals surface area contributed by atoms with E-state index in [1.54, 1.807) is 0 Å². The van der Waals surface area contributed by atoms with Crippen molar-refractivity contribution in [1.82, 2.24) is 5.32 Å². The molecule has 1 aromatic carbocycles. The van der Waals surface area contributed by atoms with Crippen molar-refractivity contribution in [1.29, 1.82) is 0 Å². The predicted octanol–water partition coefficient (Wildman–Crippen LogP) is 2.99. The Kier molecular flexibility index (Phi) is 5.14. The van der Waals surface area contributed by atoms with Gasteiger partial charge in [0.1, 0.15) is 11.6 Å². The third kappa shape index (κ3) is 5.58. The number of benzene rings is 1. The van der Waals surface area contributed by atoms with E-state index < -0.39 is 24.3 Å². The Bertz CT molecular complexity index is 446. The molecule has 0 unspecified atom stereocenters. The van der Waals surface area contributed by atoms with Crippen LogP contribution in [0.5, 0.6) is 5.75 Å². The normalized spacial score (nSPS) is 11.4. The molecule has 1 rings (SSSR count). The number of hydrogen-bond donors (Lipinski definition) is 2. The number of halogens is 4. The van der Waals surface area contributed by atoms with Crippen LogP contribution in [0.4, 0.5) is 17.6 Å². The Hall–Kier alpha value is -1.79. The third-order valence-corrected chi connectivity index (χ3v) is 2.37. The highest BCUT2D eigenvalue weighted by Gasteiger charge is 2.25. The lowest BCUT2D eigenvalue weighted by Crippen LogP contribution is -2.25. The number of carbonyl (C=O) groups excluding carboxylic acids is 1. The summed E-state index contributed by atoms with van der Waals surface area (Å²) in [6, 6.07) is 3.05. The van der Waals surface area contributed by atoms with Crippen molar-refractivity contribution < 1.29 is 27.5 Å². The number of hydrogen-bond acceptors (Lipinski definition) is 2. The first-order chi connectivity index (χ1) is 8.79. The van der Waals surface area contributed by atoms with Gasteiger partial charge < -0.3 is 10.4 Å². The first kappa shape index (κ1) is 15.3. The molecule has 0 fully saturated rings. The maximum absolute atomic E-state index is 13.3. The second-order valence-electron chi connectivity index (χ2n) is 3.99. The molecule has 0 bridgehead atoms. The lowest BCUT2D eigenvalue weighted by molar-refractivity contribution is -0.135. The molecule has 0 radical (unpaired) electrons. The number of carbonyl (C=O) groups is 1. The van der Waals surface area contributed by atoms with Gasteiger partial charge in [-0.1, -0.05) is 0 Å². The van der Waals surface area contributed by atoms with E-state index in [2.05, 4.69) is 5.32 Å². The van der Waals surface area contributed by atoms with Crippen molar-refractivity contribution in [3.8, 4) is 5.75 Å². The monoisotopic (exact) mass is 279 g/mol. The molecule has 0 aliphatic carbocycles. The van der Waals surface area contributed by atoms with Gasteiger partial charge in [0.15, 0.2) is 0 Å². The summed E-state index contributed by atoms with van der Waals surface area (Å²) in [5, 5.41) is 11.3. The van der Waals surface area contributed by atoms with Crippen LogP contribution in [-0.4, -0.2) is 23.7 Å². The molecule has 0 saturated carbocycles. The third-order valence-electron chi connectivity index (χ3n) is 2.37. The fraction of sp³-hybridized carbons (Fsp3) is 0.417.